The lowest BCUT2D eigenvalue weighted by Crippen LogP contribution is -2.41. The molecule has 0 aromatic rings. The number of rotatable bonds is 4. The van der Waals surface area contributed by atoms with Crippen LogP contribution in [0.3, 0.4) is 0 Å². The van der Waals surface area contributed by atoms with Crippen molar-refractivity contribution >= 4 is 8.32 Å². The second-order valence-corrected chi connectivity index (χ2v) is 11.1. The van der Waals surface area contributed by atoms with Crippen molar-refractivity contribution in [3.63, 3.8) is 0 Å². The molecular weight excluding hydrogens is 216 g/mol. The number of aliphatic hydroxyl groups excluding tert-OH is 1. The molecular formula is C13H26O2Si. The zero-order chi connectivity index (χ0) is 12.4. The van der Waals surface area contributed by atoms with E-state index in [2.05, 4.69) is 39.9 Å². The molecule has 1 aliphatic carbocycles. The highest BCUT2D eigenvalue weighted by Crippen LogP contribution is 2.37. The maximum absolute atomic E-state index is 9.65. The van der Waals surface area contributed by atoms with Gasteiger partial charge in [-0.1, -0.05) is 32.9 Å². The van der Waals surface area contributed by atoms with E-state index in [0.717, 1.165) is 19.4 Å². The standard InChI is InChI=1S/C13H26O2Si/c1-13(2,3)16(4,5)15-10-9-11-7-6-8-12(11)14/h6,8,11-12,14H,7,9-10H2,1-5H3/t11-,12-/m0/s1. The van der Waals surface area contributed by atoms with E-state index in [0.29, 0.717) is 5.92 Å². The zero-order valence-corrected chi connectivity index (χ0v) is 12.3. The first-order chi connectivity index (χ1) is 7.24. The maximum atomic E-state index is 9.65. The fourth-order valence-corrected chi connectivity index (χ4v) is 2.72. The Morgan fingerprint density at radius 3 is 2.44 bits per heavy atom. The van der Waals surface area contributed by atoms with Crippen LogP contribution in [0.25, 0.3) is 0 Å². The van der Waals surface area contributed by atoms with Gasteiger partial charge in [0.25, 0.3) is 0 Å². The van der Waals surface area contributed by atoms with E-state index < -0.39 is 8.32 Å². The number of aliphatic hydroxyl groups is 1. The second-order valence-electron chi connectivity index (χ2n) is 6.31. The van der Waals surface area contributed by atoms with Gasteiger partial charge in [-0.15, -0.1) is 0 Å². The molecule has 0 aliphatic heterocycles. The van der Waals surface area contributed by atoms with Crippen LogP contribution in [0.2, 0.25) is 18.1 Å². The van der Waals surface area contributed by atoms with Crippen LogP contribution in [0.5, 0.6) is 0 Å². The zero-order valence-electron chi connectivity index (χ0n) is 11.3. The number of hydrogen-bond donors (Lipinski definition) is 1. The predicted molar refractivity (Wildman–Crippen MR) is 71.0 cm³/mol. The Bertz CT molecular complexity index is 253. The van der Waals surface area contributed by atoms with E-state index in [1.165, 1.54) is 0 Å². The highest BCUT2D eigenvalue weighted by Gasteiger charge is 2.37. The largest absolute Gasteiger partial charge is 0.417 e. The third-order valence-electron chi connectivity index (χ3n) is 4.01. The van der Waals surface area contributed by atoms with Gasteiger partial charge in [0.2, 0.25) is 0 Å². The van der Waals surface area contributed by atoms with Gasteiger partial charge < -0.3 is 9.53 Å². The van der Waals surface area contributed by atoms with Crippen molar-refractivity contribution in [2.45, 2.75) is 57.8 Å². The van der Waals surface area contributed by atoms with Crippen molar-refractivity contribution in [2.24, 2.45) is 5.92 Å². The van der Waals surface area contributed by atoms with Crippen LogP contribution in [0.4, 0.5) is 0 Å². The minimum atomic E-state index is -1.60. The summed E-state index contributed by atoms with van der Waals surface area (Å²) < 4.78 is 6.10. The topological polar surface area (TPSA) is 29.5 Å². The van der Waals surface area contributed by atoms with E-state index in [-0.39, 0.29) is 11.1 Å². The number of hydrogen-bond acceptors (Lipinski definition) is 2. The molecule has 0 aromatic heterocycles. The molecule has 0 bridgehead atoms. The van der Waals surface area contributed by atoms with Crippen molar-refractivity contribution < 1.29 is 9.53 Å². The monoisotopic (exact) mass is 242 g/mol. The van der Waals surface area contributed by atoms with Gasteiger partial charge in [0.05, 0.1) is 6.10 Å². The van der Waals surface area contributed by atoms with E-state index >= 15 is 0 Å². The van der Waals surface area contributed by atoms with E-state index in [1.54, 1.807) is 0 Å². The molecule has 1 N–H and O–H groups in total. The van der Waals surface area contributed by atoms with E-state index in [1.807, 2.05) is 6.08 Å². The molecule has 94 valence electrons. The molecule has 16 heavy (non-hydrogen) atoms. The predicted octanol–water partition coefficient (Wildman–Crippen LogP) is 3.34. The van der Waals surface area contributed by atoms with Gasteiger partial charge >= 0.3 is 0 Å². The van der Waals surface area contributed by atoms with Crippen LogP contribution >= 0.6 is 0 Å². The lowest BCUT2D eigenvalue weighted by atomic mass is 10.0. The molecule has 2 nitrogen and oxygen atoms in total. The lowest BCUT2D eigenvalue weighted by molar-refractivity contribution is 0.140. The quantitative estimate of drug-likeness (QED) is 0.605. The smallest absolute Gasteiger partial charge is 0.191 e. The third kappa shape index (κ3) is 3.44. The molecule has 3 heteroatoms. The fourth-order valence-electron chi connectivity index (χ4n) is 1.66. The van der Waals surface area contributed by atoms with Gasteiger partial charge in [-0.3, -0.25) is 0 Å². The van der Waals surface area contributed by atoms with Gasteiger partial charge in [0.1, 0.15) is 0 Å². The average molecular weight is 242 g/mol. The molecule has 0 aromatic carbocycles. The number of allylic oxidation sites excluding steroid dienone is 1. The van der Waals surface area contributed by atoms with Crippen LogP contribution in [-0.4, -0.2) is 26.1 Å². The highest BCUT2D eigenvalue weighted by molar-refractivity contribution is 6.74. The summed E-state index contributed by atoms with van der Waals surface area (Å²) in [6.45, 7) is 12.1. The summed E-state index contributed by atoms with van der Waals surface area (Å²) in [6, 6.07) is 0. The van der Waals surface area contributed by atoms with Gasteiger partial charge in [0, 0.05) is 6.61 Å². The molecule has 0 unspecified atom stereocenters. The van der Waals surface area contributed by atoms with Gasteiger partial charge in [-0.25, -0.2) is 0 Å². The first-order valence-electron chi connectivity index (χ1n) is 6.23. The minimum absolute atomic E-state index is 0.247. The van der Waals surface area contributed by atoms with Crippen LogP contribution in [0.15, 0.2) is 12.2 Å². The summed E-state index contributed by atoms with van der Waals surface area (Å²) in [6.07, 6.45) is 5.70. The molecule has 0 amide bonds. The molecule has 1 aliphatic rings. The van der Waals surface area contributed by atoms with Gasteiger partial charge in [-0.05, 0) is 36.9 Å². The minimum Gasteiger partial charge on any atom is -0.417 e. The van der Waals surface area contributed by atoms with Crippen molar-refractivity contribution in [1.82, 2.24) is 0 Å². The van der Waals surface area contributed by atoms with Gasteiger partial charge in [0.15, 0.2) is 8.32 Å². The molecule has 0 radical (unpaired) electrons. The Morgan fingerprint density at radius 2 is 2.00 bits per heavy atom. The van der Waals surface area contributed by atoms with Crippen LogP contribution < -0.4 is 0 Å². The van der Waals surface area contributed by atoms with Crippen LogP contribution in [-0.2, 0) is 4.43 Å². The molecule has 1 rings (SSSR count). The van der Waals surface area contributed by atoms with Crippen molar-refractivity contribution in [1.29, 1.82) is 0 Å². The summed E-state index contributed by atoms with van der Waals surface area (Å²) >= 11 is 0. The lowest BCUT2D eigenvalue weighted by Gasteiger charge is -2.36. The Kier molecular flexibility index (Phi) is 4.38. The normalized spacial score (nSPS) is 26.4. The maximum Gasteiger partial charge on any atom is 0.191 e. The third-order valence-corrected chi connectivity index (χ3v) is 8.55. The van der Waals surface area contributed by atoms with E-state index in [9.17, 15) is 5.11 Å². The summed E-state index contributed by atoms with van der Waals surface area (Å²) in [5.41, 5.74) is 0. The SMILES string of the molecule is CC(C)(C)[Si](C)(C)OCC[C@@H]1CC=C[C@@H]1O. The molecule has 0 saturated carbocycles. The van der Waals surface area contributed by atoms with Crippen molar-refractivity contribution in [3.8, 4) is 0 Å². The second kappa shape index (κ2) is 5.03. The Morgan fingerprint density at radius 1 is 1.38 bits per heavy atom. The van der Waals surface area contributed by atoms with Crippen molar-refractivity contribution in [2.75, 3.05) is 6.61 Å². The summed E-state index contributed by atoms with van der Waals surface area (Å²) in [5, 5.41) is 9.92. The Labute approximate surface area is 101 Å². The summed E-state index contributed by atoms with van der Waals surface area (Å²) in [4.78, 5) is 0. The molecule has 0 fully saturated rings. The van der Waals surface area contributed by atoms with Crippen molar-refractivity contribution in [3.05, 3.63) is 12.2 Å². The van der Waals surface area contributed by atoms with Gasteiger partial charge in [-0.2, -0.15) is 0 Å². The Hall–Kier alpha value is -0.123. The summed E-state index contributed by atoms with van der Waals surface area (Å²) in [5.74, 6) is 0.379. The van der Waals surface area contributed by atoms with E-state index in [4.69, 9.17) is 4.43 Å². The molecule has 0 spiro atoms. The first kappa shape index (κ1) is 13.9. The van der Waals surface area contributed by atoms with Crippen LogP contribution in [0, 0.1) is 5.92 Å². The Balaban J connectivity index is 2.30. The summed E-state index contributed by atoms with van der Waals surface area (Å²) in [7, 11) is -1.60. The highest BCUT2D eigenvalue weighted by atomic mass is 28.4. The molecule has 0 heterocycles. The first-order valence-corrected chi connectivity index (χ1v) is 9.13. The molecule has 2 atom stereocenters. The fraction of sp³-hybridized carbons (Fsp3) is 0.846. The average Bonchev–Trinajstić information content (AvgIpc) is 2.49. The van der Waals surface area contributed by atoms with Crippen LogP contribution in [0.1, 0.15) is 33.6 Å². The molecule has 0 saturated heterocycles.